The number of fused-ring (bicyclic) bond motifs is 1. The lowest BCUT2D eigenvalue weighted by Crippen LogP contribution is -2.21. The lowest BCUT2D eigenvalue weighted by molar-refractivity contribution is -0.119. The van der Waals surface area contributed by atoms with E-state index in [1.54, 1.807) is 24.3 Å². The summed E-state index contributed by atoms with van der Waals surface area (Å²) in [5.74, 6) is -0.472. The van der Waals surface area contributed by atoms with Crippen molar-refractivity contribution in [2.24, 2.45) is 5.73 Å². The van der Waals surface area contributed by atoms with Crippen LogP contribution in [0.4, 0.5) is 4.39 Å². The quantitative estimate of drug-likeness (QED) is 0.768. The molecule has 3 rings (SSSR count). The van der Waals surface area contributed by atoms with Crippen LogP contribution in [0.3, 0.4) is 0 Å². The van der Waals surface area contributed by atoms with E-state index in [-0.39, 0.29) is 12.2 Å². The van der Waals surface area contributed by atoms with Gasteiger partial charge < -0.3 is 10.5 Å². The molecular formula is C17H14FN3O3. The monoisotopic (exact) mass is 327 g/mol. The van der Waals surface area contributed by atoms with Crippen molar-refractivity contribution in [3.05, 3.63) is 70.5 Å². The normalized spacial score (nSPS) is 10.7. The summed E-state index contributed by atoms with van der Waals surface area (Å²) < 4.78 is 19.8. The summed E-state index contributed by atoms with van der Waals surface area (Å²) in [6.45, 7) is 0.124. The number of halogens is 1. The topological polar surface area (TPSA) is 87.2 Å². The highest BCUT2D eigenvalue weighted by Gasteiger charge is 2.06. The van der Waals surface area contributed by atoms with Gasteiger partial charge in [0.25, 0.3) is 11.5 Å². The van der Waals surface area contributed by atoms with Gasteiger partial charge in [-0.15, -0.1) is 0 Å². The number of carbonyl (C=O) groups is 1. The van der Waals surface area contributed by atoms with Gasteiger partial charge in [0.05, 0.1) is 23.8 Å². The van der Waals surface area contributed by atoms with Crippen LogP contribution in [0.1, 0.15) is 5.56 Å². The average molecular weight is 327 g/mol. The zero-order chi connectivity index (χ0) is 17.1. The number of rotatable bonds is 5. The molecule has 0 bridgehead atoms. The summed E-state index contributed by atoms with van der Waals surface area (Å²) in [5.41, 5.74) is 5.95. The van der Waals surface area contributed by atoms with E-state index >= 15 is 0 Å². The van der Waals surface area contributed by atoms with E-state index in [9.17, 15) is 14.0 Å². The van der Waals surface area contributed by atoms with Gasteiger partial charge >= 0.3 is 0 Å². The molecule has 0 spiro atoms. The number of hydrogen-bond acceptors (Lipinski definition) is 4. The fourth-order valence-corrected chi connectivity index (χ4v) is 2.29. The fourth-order valence-electron chi connectivity index (χ4n) is 2.29. The Labute approximate surface area is 136 Å². The summed E-state index contributed by atoms with van der Waals surface area (Å²) in [7, 11) is 0. The van der Waals surface area contributed by atoms with Crippen LogP contribution in [0, 0.1) is 5.82 Å². The molecule has 0 atom stereocenters. The molecule has 0 aliphatic rings. The number of ether oxygens (including phenoxy) is 1. The highest BCUT2D eigenvalue weighted by atomic mass is 19.1. The minimum absolute atomic E-state index is 0.191. The predicted octanol–water partition coefficient (Wildman–Crippen LogP) is 1.45. The minimum atomic E-state index is -0.552. The Morgan fingerprint density at radius 2 is 1.96 bits per heavy atom. The lowest BCUT2D eigenvalue weighted by Gasteiger charge is -2.08. The Morgan fingerprint density at radius 3 is 2.67 bits per heavy atom. The maximum Gasteiger partial charge on any atom is 0.261 e. The van der Waals surface area contributed by atoms with Crippen LogP contribution in [0.2, 0.25) is 0 Å². The summed E-state index contributed by atoms with van der Waals surface area (Å²) in [6, 6.07) is 10.8. The molecule has 3 aromatic rings. The molecule has 2 N–H and O–H groups in total. The number of carbonyl (C=O) groups excluding carboxylic acids is 1. The first-order valence-corrected chi connectivity index (χ1v) is 7.18. The van der Waals surface area contributed by atoms with Crippen LogP contribution in [-0.2, 0) is 11.3 Å². The minimum Gasteiger partial charge on any atom is -0.484 e. The Kier molecular flexibility index (Phi) is 4.24. The van der Waals surface area contributed by atoms with E-state index in [4.69, 9.17) is 10.5 Å². The Bertz CT molecular complexity index is 951. The smallest absolute Gasteiger partial charge is 0.261 e. The second-order valence-electron chi connectivity index (χ2n) is 5.24. The largest absolute Gasteiger partial charge is 0.484 e. The molecule has 1 aromatic heterocycles. The van der Waals surface area contributed by atoms with Gasteiger partial charge in [0.15, 0.2) is 6.61 Å². The van der Waals surface area contributed by atoms with Crippen LogP contribution >= 0.6 is 0 Å². The summed E-state index contributed by atoms with van der Waals surface area (Å²) >= 11 is 0. The van der Waals surface area contributed by atoms with E-state index in [1.807, 2.05) is 0 Å². The van der Waals surface area contributed by atoms with Gasteiger partial charge in [0, 0.05) is 6.07 Å². The number of primary amides is 1. The third kappa shape index (κ3) is 3.40. The second-order valence-corrected chi connectivity index (χ2v) is 5.24. The predicted molar refractivity (Wildman–Crippen MR) is 86.2 cm³/mol. The SMILES string of the molecule is NC(=O)COc1ccc(Cn2cnc3cc(F)ccc3c2=O)cc1. The van der Waals surface area contributed by atoms with Gasteiger partial charge in [-0.2, -0.15) is 0 Å². The van der Waals surface area contributed by atoms with Crippen LogP contribution in [0.5, 0.6) is 5.75 Å². The summed E-state index contributed by atoms with van der Waals surface area (Å²) in [4.78, 5) is 27.2. The first-order chi connectivity index (χ1) is 11.5. The van der Waals surface area contributed by atoms with E-state index in [2.05, 4.69) is 4.98 Å². The van der Waals surface area contributed by atoms with Gasteiger partial charge in [-0.25, -0.2) is 9.37 Å². The lowest BCUT2D eigenvalue weighted by atomic mass is 10.2. The van der Waals surface area contributed by atoms with Crippen molar-refractivity contribution >= 4 is 16.8 Å². The van der Waals surface area contributed by atoms with Crippen molar-refractivity contribution in [1.29, 1.82) is 0 Å². The first kappa shape index (κ1) is 15.7. The van der Waals surface area contributed by atoms with Crippen LogP contribution in [0.25, 0.3) is 10.9 Å². The number of hydrogen-bond donors (Lipinski definition) is 1. The van der Waals surface area contributed by atoms with Crippen molar-refractivity contribution in [2.75, 3.05) is 6.61 Å². The Balaban J connectivity index is 1.82. The van der Waals surface area contributed by atoms with E-state index in [0.29, 0.717) is 23.2 Å². The molecule has 24 heavy (non-hydrogen) atoms. The van der Waals surface area contributed by atoms with Gasteiger partial charge in [0.1, 0.15) is 11.6 Å². The second kappa shape index (κ2) is 6.49. The van der Waals surface area contributed by atoms with Crippen molar-refractivity contribution in [1.82, 2.24) is 9.55 Å². The Hall–Kier alpha value is -3.22. The maximum absolute atomic E-state index is 13.2. The van der Waals surface area contributed by atoms with Gasteiger partial charge in [-0.05, 0) is 29.8 Å². The fraction of sp³-hybridized carbons (Fsp3) is 0.118. The first-order valence-electron chi connectivity index (χ1n) is 7.18. The molecule has 0 fully saturated rings. The zero-order valence-electron chi connectivity index (χ0n) is 12.6. The Morgan fingerprint density at radius 1 is 1.21 bits per heavy atom. The number of aromatic nitrogens is 2. The summed E-state index contributed by atoms with van der Waals surface area (Å²) in [5, 5.41) is 0.361. The van der Waals surface area contributed by atoms with Crippen molar-refractivity contribution in [3.8, 4) is 5.75 Å². The van der Waals surface area contributed by atoms with Crippen molar-refractivity contribution in [3.63, 3.8) is 0 Å². The molecule has 0 saturated carbocycles. The van der Waals surface area contributed by atoms with Crippen LogP contribution < -0.4 is 16.0 Å². The van der Waals surface area contributed by atoms with E-state index in [0.717, 1.165) is 5.56 Å². The van der Waals surface area contributed by atoms with Gasteiger partial charge in [-0.3, -0.25) is 14.2 Å². The van der Waals surface area contributed by atoms with E-state index < -0.39 is 11.7 Å². The molecule has 122 valence electrons. The molecule has 0 aliphatic carbocycles. The highest BCUT2D eigenvalue weighted by molar-refractivity contribution is 5.77. The third-order valence-corrected chi connectivity index (χ3v) is 3.44. The molecule has 6 nitrogen and oxygen atoms in total. The molecule has 0 aliphatic heterocycles. The molecule has 7 heteroatoms. The number of benzene rings is 2. The molecule has 2 aromatic carbocycles. The third-order valence-electron chi connectivity index (χ3n) is 3.44. The molecule has 0 saturated heterocycles. The van der Waals surface area contributed by atoms with E-state index in [1.165, 1.54) is 29.1 Å². The average Bonchev–Trinajstić information content (AvgIpc) is 2.56. The molecule has 0 unspecified atom stereocenters. The van der Waals surface area contributed by atoms with Crippen LogP contribution in [0.15, 0.2) is 53.6 Å². The zero-order valence-corrected chi connectivity index (χ0v) is 12.6. The van der Waals surface area contributed by atoms with Crippen molar-refractivity contribution in [2.45, 2.75) is 6.54 Å². The van der Waals surface area contributed by atoms with Crippen molar-refractivity contribution < 1.29 is 13.9 Å². The highest BCUT2D eigenvalue weighted by Crippen LogP contribution is 2.13. The van der Waals surface area contributed by atoms with Gasteiger partial charge in [0.2, 0.25) is 0 Å². The number of nitrogens with two attached hydrogens (primary N) is 1. The van der Waals surface area contributed by atoms with Gasteiger partial charge in [-0.1, -0.05) is 12.1 Å². The molecule has 1 amide bonds. The van der Waals surface area contributed by atoms with Crippen LogP contribution in [-0.4, -0.2) is 22.1 Å². The standard InChI is InChI=1S/C17H14FN3O3/c18-12-3-6-14-15(7-12)20-10-21(17(14)23)8-11-1-4-13(5-2-11)24-9-16(19)22/h1-7,10H,8-9H2,(H2,19,22). The maximum atomic E-state index is 13.2. The molecule has 0 radical (unpaired) electrons. The number of amides is 1. The molecular weight excluding hydrogens is 313 g/mol. The summed E-state index contributed by atoms with van der Waals surface area (Å²) in [6.07, 6.45) is 1.39. The molecule has 1 heterocycles. The number of nitrogens with zero attached hydrogens (tertiary/aromatic N) is 2.